The van der Waals surface area contributed by atoms with Crippen LogP contribution in [0.1, 0.15) is 33.6 Å². The summed E-state index contributed by atoms with van der Waals surface area (Å²) in [5.41, 5.74) is 0. The monoisotopic (exact) mass is 367 g/mol. The van der Waals surface area contributed by atoms with Crippen molar-refractivity contribution in [2.24, 2.45) is 5.92 Å². The van der Waals surface area contributed by atoms with Crippen molar-refractivity contribution in [3.8, 4) is 0 Å². The topological polar surface area (TPSA) is 63.5 Å². The zero-order valence-electron chi connectivity index (χ0n) is 15.5. The summed E-state index contributed by atoms with van der Waals surface area (Å²) in [6.45, 7) is 12.0. The molecule has 0 saturated carbocycles. The molecule has 0 radical (unpaired) electrons. The van der Waals surface area contributed by atoms with E-state index in [1.165, 1.54) is 11.8 Å². The van der Waals surface area contributed by atoms with Gasteiger partial charge < -0.3 is 14.5 Å². The highest BCUT2D eigenvalue weighted by molar-refractivity contribution is 8.00. The molecule has 2 fully saturated rings. The van der Waals surface area contributed by atoms with Gasteiger partial charge in [-0.3, -0.25) is 9.36 Å². The molecule has 0 spiro atoms. The van der Waals surface area contributed by atoms with Crippen molar-refractivity contribution in [1.29, 1.82) is 0 Å². The van der Waals surface area contributed by atoms with Gasteiger partial charge in [-0.2, -0.15) is 0 Å². The van der Waals surface area contributed by atoms with E-state index >= 15 is 0 Å². The average Bonchev–Trinajstić information content (AvgIpc) is 3.05. The van der Waals surface area contributed by atoms with Crippen LogP contribution in [-0.4, -0.2) is 70.2 Å². The van der Waals surface area contributed by atoms with Gasteiger partial charge in [0.05, 0.1) is 18.5 Å². The van der Waals surface area contributed by atoms with Crippen LogP contribution in [0.25, 0.3) is 0 Å². The first-order valence-corrected chi connectivity index (χ1v) is 10.2. The first-order valence-electron chi connectivity index (χ1n) is 9.31. The van der Waals surface area contributed by atoms with Crippen molar-refractivity contribution in [3.63, 3.8) is 0 Å². The number of nitrogens with zero attached hydrogens (tertiary/aromatic N) is 5. The van der Waals surface area contributed by atoms with Crippen LogP contribution in [0.15, 0.2) is 5.16 Å². The van der Waals surface area contributed by atoms with Crippen LogP contribution < -0.4 is 4.90 Å². The minimum Gasteiger partial charge on any atom is -0.378 e. The van der Waals surface area contributed by atoms with Gasteiger partial charge in [0.2, 0.25) is 11.9 Å². The van der Waals surface area contributed by atoms with E-state index in [0.717, 1.165) is 75.8 Å². The Morgan fingerprint density at radius 3 is 2.56 bits per heavy atom. The molecule has 0 aromatic carbocycles. The molecule has 1 atom stereocenters. The number of rotatable bonds is 5. The summed E-state index contributed by atoms with van der Waals surface area (Å²) in [4.78, 5) is 17.0. The number of anilines is 1. The maximum atomic E-state index is 12.7. The van der Waals surface area contributed by atoms with E-state index in [4.69, 9.17) is 4.74 Å². The normalized spacial score (nSPS) is 20.8. The molecule has 1 amide bonds. The van der Waals surface area contributed by atoms with Crippen molar-refractivity contribution >= 4 is 23.6 Å². The summed E-state index contributed by atoms with van der Waals surface area (Å²) in [5, 5.41) is 9.44. The third-order valence-corrected chi connectivity index (χ3v) is 6.10. The smallest absolute Gasteiger partial charge is 0.235 e. The van der Waals surface area contributed by atoms with Crippen molar-refractivity contribution < 1.29 is 9.53 Å². The van der Waals surface area contributed by atoms with Crippen LogP contribution in [0, 0.1) is 5.92 Å². The summed E-state index contributed by atoms with van der Waals surface area (Å²) in [5.74, 6) is 1.83. The van der Waals surface area contributed by atoms with Crippen LogP contribution in [0.4, 0.5) is 5.95 Å². The molecule has 7 nitrogen and oxygen atoms in total. The molecule has 0 N–H and O–H groups in total. The second-order valence-electron chi connectivity index (χ2n) is 6.89. The molecule has 2 aliphatic rings. The van der Waals surface area contributed by atoms with Crippen molar-refractivity contribution in [3.05, 3.63) is 0 Å². The number of ether oxygens (including phenoxy) is 1. The summed E-state index contributed by atoms with van der Waals surface area (Å²) in [7, 11) is 0. The molecule has 2 aliphatic heterocycles. The predicted octanol–water partition coefficient (Wildman–Crippen LogP) is 1.87. The van der Waals surface area contributed by atoms with Crippen molar-refractivity contribution in [1.82, 2.24) is 19.7 Å². The molecule has 140 valence electrons. The lowest BCUT2D eigenvalue weighted by molar-refractivity contribution is -0.131. The number of hydrogen-bond donors (Lipinski definition) is 0. The quantitative estimate of drug-likeness (QED) is 0.741. The van der Waals surface area contributed by atoms with Gasteiger partial charge in [0.1, 0.15) is 0 Å². The highest BCUT2D eigenvalue weighted by Gasteiger charge is 2.27. The molecular weight excluding hydrogens is 338 g/mol. The number of amides is 1. The van der Waals surface area contributed by atoms with Crippen LogP contribution in [0.3, 0.4) is 0 Å². The fraction of sp³-hybridized carbons (Fsp3) is 0.824. The Kier molecular flexibility index (Phi) is 6.22. The van der Waals surface area contributed by atoms with Crippen LogP contribution >= 0.6 is 11.8 Å². The highest BCUT2D eigenvalue weighted by atomic mass is 32.2. The molecule has 1 aromatic heterocycles. The van der Waals surface area contributed by atoms with E-state index in [1.54, 1.807) is 0 Å². The first-order chi connectivity index (χ1) is 12.1. The number of carbonyl (C=O) groups is 1. The SMILES string of the molecule is CCn1c(SC(C)C(=O)N2CCC(C)CC2)nnc1N1CCOCC1. The average molecular weight is 368 g/mol. The van der Waals surface area contributed by atoms with Gasteiger partial charge in [-0.1, -0.05) is 18.7 Å². The number of thioether (sulfide) groups is 1. The summed E-state index contributed by atoms with van der Waals surface area (Å²) >= 11 is 1.52. The number of likely N-dealkylation sites (tertiary alicyclic amines) is 1. The lowest BCUT2D eigenvalue weighted by Crippen LogP contribution is -2.41. The van der Waals surface area contributed by atoms with E-state index < -0.39 is 0 Å². The number of carbonyl (C=O) groups excluding carboxylic acids is 1. The molecule has 25 heavy (non-hydrogen) atoms. The molecule has 1 aromatic rings. The van der Waals surface area contributed by atoms with Gasteiger partial charge in [0, 0.05) is 32.7 Å². The Bertz CT molecular complexity index is 580. The summed E-state index contributed by atoms with van der Waals surface area (Å²) in [6, 6.07) is 0. The zero-order chi connectivity index (χ0) is 17.8. The molecule has 0 bridgehead atoms. The molecule has 1 unspecified atom stereocenters. The lowest BCUT2D eigenvalue weighted by atomic mass is 9.99. The Morgan fingerprint density at radius 1 is 1.24 bits per heavy atom. The second kappa shape index (κ2) is 8.40. The van der Waals surface area contributed by atoms with E-state index in [9.17, 15) is 4.79 Å². The predicted molar refractivity (Wildman–Crippen MR) is 99.0 cm³/mol. The molecule has 3 rings (SSSR count). The van der Waals surface area contributed by atoms with Crippen LogP contribution in [0.2, 0.25) is 0 Å². The van der Waals surface area contributed by atoms with Gasteiger partial charge in [-0.05, 0) is 32.6 Å². The number of aromatic nitrogens is 3. The highest BCUT2D eigenvalue weighted by Crippen LogP contribution is 2.28. The fourth-order valence-corrected chi connectivity index (χ4v) is 4.33. The lowest BCUT2D eigenvalue weighted by Gasteiger charge is -2.32. The van der Waals surface area contributed by atoms with E-state index in [2.05, 4.69) is 33.5 Å². The van der Waals surface area contributed by atoms with Crippen molar-refractivity contribution in [2.45, 2.75) is 50.6 Å². The van der Waals surface area contributed by atoms with Crippen molar-refractivity contribution in [2.75, 3.05) is 44.3 Å². The van der Waals surface area contributed by atoms with Gasteiger partial charge in [-0.15, -0.1) is 10.2 Å². The second-order valence-corrected chi connectivity index (χ2v) is 8.20. The van der Waals surface area contributed by atoms with Gasteiger partial charge in [0.25, 0.3) is 0 Å². The number of piperidine rings is 1. The zero-order valence-corrected chi connectivity index (χ0v) is 16.3. The molecule has 0 aliphatic carbocycles. The third kappa shape index (κ3) is 4.28. The molecule has 8 heteroatoms. The fourth-order valence-electron chi connectivity index (χ4n) is 3.34. The Balaban J connectivity index is 1.65. The van der Waals surface area contributed by atoms with Gasteiger partial charge in [0.15, 0.2) is 5.16 Å². The summed E-state index contributed by atoms with van der Waals surface area (Å²) in [6.07, 6.45) is 2.21. The Morgan fingerprint density at radius 2 is 1.92 bits per heavy atom. The maximum Gasteiger partial charge on any atom is 0.235 e. The minimum atomic E-state index is -0.138. The van der Waals surface area contributed by atoms with Crippen LogP contribution in [-0.2, 0) is 16.1 Å². The van der Waals surface area contributed by atoms with E-state index in [-0.39, 0.29) is 11.2 Å². The number of hydrogen-bond acceptors (Lipinski definition) is 6. The first kappa shape index (κ1) is 18.5. The Hall–Kier alpha value is -1.28. The van der Waals surface area contributed by atoms with Gasteiger partial charge in [-0.25, -0.2) is 0 Å². The van der Waals surface area contributed by atoms with E-state index in [0.29, 0.717) is 0 Å². The number of morpholine rings is 1. The Labute approximate surface area is 154 Å². The van der Waals surface area contributed by atoms with Gasteiger partial charge >= 0.3 is 0 Å². The molecular formula is C17H29N5O2S. The molecule has 3 heterocycles. The maximum absolute atomic E-state index is 12.7. The minimum absolute atomic E-state index is 0.138. The summed E-state index contributed by atoms with van der Waals surface area (Å²) < 4.78 is 7.53. The van der Waals surface area contributed by atoms with Crippen LogP contribution in [0.5, 0.6) is 0 Å². The van der Waals surface area contributed by atoms with E-state index in [1.807, 2.05) is 11.8 Å². The largest absolute Gasteiger partial charge is 0.378 e. The molecule has 2 saturated heterocycles. The third-order valence-electron chi connectivity index (χ3n) is 5.03. The standard InChI is InChI=1S/C17H29N5O2S/c1-4-22-16(21-9-11-24-12-10-21)18-19-17(22)25-14(3)15(23)20-7-5-13(2)6-8-20/h13-14H,4-12H2,1-3H3.